The first-order chi connectivity index (χ1) is 14.0. The summed E-state index contributed by atoms with van der Waals surface area (Å²) in [6, 6.07) is 0.0182. The van der Waals surface area contributed by atoms with Gasteiger partial charge in [-0.3, -0.25) is 0 Å². The smallest absolute Gasteiger partial charge is 0.416 e. The highest BCUT2D eigenvalue weighted by atomic mass is 19.4. The van der Waals surface area contributed by atoms with E-state index in [2.05, 4.69) is 6.58 Å². The standard InChI is InChI=1S/C19H12F10O2/c1-8(3-4-11(17(30)31)9(2)18(24,25)26)13(20)7-12(19(27,28)29)10-5-14(21)16(23)15(22)6-10/h3-7,12H,2H2,1H3,(H,30,31)/b8-3+,11-4+,13-7-. The van der Waals surface area contributed by atoms with Crippen LogP contribution in [-0.2, 0) is 4.79 Å². The average Bonchev–Trinajstić information content (AvgIpc) is 2.61. The number of benzene rings is 1. The number of carboxylic acid groups (broad SMARTS) is 1. The summed E-state index contributed by atoms with van der Waals surface area (Å²) in [6.45, 7) is 3.36. The van der Waals surface area contributed by atoms with Crippen molar-refractivity contribution >= 4 is 5.97 Å². The first-order valence-electron chi connectivity index (χ1n) is 7.94. The number of rotatable bonds is 6. The van der Waals surface area contributed by atoms with E-state index >= 15 is 0 Å². The third kappa shape index (κ3) is 6.72. The van der Waals surface area contributed by atoms with Crippen LogP contribution in [0.15, 0.2) is 59.5 Å². The molecule has 1 rings (SSSR count). The van der Waals surface area contributed by atoms with Gasteiger partial charge in [0.15, 0.2) is 17.5 Å². The van der Waals surface area contributed by atoms with Crippen molar-refractivity contribution in [3.8, 4) is 0 Å². The minimum Gasteiger partial charge on any atom is -0.478 e. The van der Waals surface area contributed by atoms with E-state index in [4.69, 9.17) is 5.11 Å². The van der Waals surface area contributed by atoms with Gasteiger partial charge in [-0.25, -0.2) is 22.4 Å². The maximum absolute atomic E-state index is 14.2. The maximum atomic E-state index is 14.2. The molecule has 0 radical (unpaired) electrons. The highest BCUT2D eigenvalue weighted by molar-refractivity contribution is 5.92. The number of hydrogen-bond acceptors (Lipinski definition) is 1. The first kappa shape index (κ1) is 26.0. The van der Waals surface area contributed by atoms with Gasteiger partial charge >= 0.3 is 18.3 Å². The first-order valence-corrected chi connectivity index (χ1v) is 7.94. The van der Waals surface area contributed by atoms with Gasteiger partial charge in [0.1, 0.15) is 11.7 Å². The summed E-state index contributed by atoms with van der Waals surface area (Å²) in [4.78, 5) is 10.9. The Morgan fingerprint density at radius 2 is 1.52 bits per heavy atom. The van der Waals surface area contributed by atoms with Gasteiger partial charge in [0.2, 0.25) is 0 Å². The van der Waals surface area contributed by atoms with Crippen molar-refractivity contribution in [3.05, 3.63) is 82.5 Å². The van der Waals surface area contributed by atoms with Gasteiger partial charge in [0.25, 0.3) is 0 Å². The van der Waals surface area contributed by atoms with Crippen molar-refractivity contribution < 1.29 is 53.8 Å². The molecule has 0 bridgehead atoms. The van der Waals surface area contributed by atoms with Crippen molar-refractivity contribution in [2.24, 2.45) is 0 Å². The topological polar surface area (TPSA) is 37.3 Å². The second kappa shape index (κ2) is 9.40. The van der Waals surface area contributed by atoms with Gasteiger partial charge in [-0.15, -0.1) is 0 Å². The average molecular weight is 462 g/mol. The zero-order chi connectivity index (χ0) is 24.3. The van der Waals surface area contributed by atoms with Crippen molar-refractivity contribution in [1.82, 2.24) is 0 Å². The molecule has 0 fully saturated rings. The summed E-state index contributed by atoms with van der Waals surface area (Å²) < 4.78 is 131. The molecule has 1 aromatic carbocycles. The Hall–Kier alpha value is -3.05. The fourth-order valence-electron chi connectivity index (χ4n) is 2.15. The van der Waals surface area contributed by atoms with Crippen molar-refractivity contribution in [1.29, 1.82) is 0 Å². The fourth-order valence-corrected chi connectivity index (χ4v) is 2.15. The zero-order valence-electron chi connectivity index (χ0n) is 15.3. The van der Waals surface area contributed by atoms with Gasteiger partial charge < -0.3 is 5.11 Å². The highest BCUT2D eigenvalue weighted by Gasteiger charge is 2.41. The predicted octanol–water partition coefficient (Wildman–Crippen LogP) is 6.68. The van der Waals surface area contributed by atoms with E-state index in [9.17, 15) is 48.7 Å². The second-order valence-electron chi connectivity index (χ2n) is 6.04. The Labute approximate surface area is 168 Å². The third-order valence-corrected chi connectivity index (χ3v) is 3.81. The van der Waals surface area contributed by atoms with E-state index in [1.165, 1.54) is 0 Å². The van der Waals surface area contributed by atoms with Crippen LogP contribution in [0.4, 0.5) is 43.9 Å². The summed E-state index contributed by atoms with van der Waals surface area (Å²) in [7, 11) is 0. The number of allylic oxidation sites excluding steroid dienone is 5. The number of halogens is 10. The molecule has 31 heavy (non-hydrogen) atoms. The Morgan fingerprint density at radius 3 is 1.90 bits per heavy atom. The Morgan fingerprint density at radius 1 is 1.03 bits per heavy atom. The van der Waals surface area contributed by atoms with Gasteiger partial charge in [0, 0.05) is 0 Å². The summed E-state index contributed by atoms with van der Waals surface area (Å²) in [6.07, 6.45) is -9.85. The van der Waals surface area contributed by atoms with E-state index < -0.39 is 69.8 Å². The van der Waals surface area contributed by atoms with Crippen molar-refractivity contribution in [2.45, 2.75) is 25.2 Å². The Balaban J connectivity index is 3.44. The van der Waals surface area contributed by atoms with E-state index in [1.807, 2.05) is 0 Å². The molecule has 0 heterocycles. The van der Waals surface area contributed by atoms with Crippen LogP contribution in [-0.4, -0.2) is 23.4 Å². The molecular formula is C19H12F10O2. The number of carboxylic acids is 1. The summed E-state index contributed by atoms with van der Waals surface area (Å²) in [5.41, 5.74) is -5.11. The van der Waals surface area contributed by atoms with E-state index in [0.29, 0.717) is 6.08 Å². The van der Waals surface area contributed by atoms with Crippen molar-refractivity contribution in [3.63, 3.8) is 0 Å². The maximum Gasteiger partial charge on any atom is 0.416 e. The predicted molar refractivity (Wildman–Crippen MR) is 89.0 cm³/mol. The molecule has 0 spiro atoms. The van der Waals surface area contributed by atoms with Gasteiger partial charge in [-0.05, 0) is 42.3 Å². The molecule has 2 nitrogen and oxygen atoms in total. The molecule has 1 unspecified atom stereocenters. The molecule has 0 amide bonds. The van der Waals surface area contributed by atoms with Crippen LogP contribution in [0.3, 0.4) is 0 Å². The van der Waals surface area contributed by atoms with Gasteiger partial charge in [-0.2, -0.15) is 26.3 Å². The van der Waals surface area contributed by atoms with Crippen LogP contribution in [0, 0.1) is 17.5 Å². The quantitative estimate of drug-likeness (QED) is 0.222. The number of alkyl halides is 6. The largest absolute Gasteiger partial charge is 0.478 e. The number of aliphatic carboxylic acids is 1. The summed E-state index contributed by atoms with van der Waals surface area (Å²) in [5.74, 6) is -12.7. The normalized spacial score (nSPS) is 15.1. The summed E-state index contributed by atoms with van der Waals surface area (Å²) in [5, 5.41) is 8.82. The molecule has 1 N–H and O–H groups in total. The minimum absolute atomic E-state index is 0.00908. The minimum atomic E-state index is -5.29. The van der Waals surface area contributed by atoms with Crippen LogP contribution in [0.25, 0.3) is 0 Å². The zero-order valence-corrected chi connectivity index (χ0v) is 15.3. The lowest BCUT2D eigenvalue weighted by molar-refractivity contribution is -0.140. The Bertz CT molecular complexity index is 942. The lowest BCUT2D eigenvalue weighted by atomic mass is 9.96. The lowest BCUT2D eigenvalue weighted by Gasteiger charge is -2.18. The summed E-state index contributed by atoms with van der Waals surface area (Å²) >= 11 is 0. The van der Waals surface area contributed by atoms with Gasteiger partial charge in [-0.1, -0.05) is 12.7 Å². The van der Waals surface area contributed by atoms with Crippen LogP contribution in [0.5, 0.6) is 0 Å². The lowest BCUT2D eigenvalue weighted by Crippen LogP contribution is -2.20. The van der Waals surface area contributed by atoms with E-state index in [0.717, 1.165) is 6.92 Å². The molecule has 0 aliphatic heterocycles. The molecule has 1 aromatic rings. The molecule has 0 aliphatic carbocycles. The SMILES string of the molecule is C=C(\C(=C/C=C(C)/C(F)=C/C(c1cc(F)c(F)c(F)c1)C(F)(F)F)C(=O)O)C(F)(F)F. The molecule has 0 saturated heterocycles. The van der Waals surface area contributed by atoms with Crippen LogP contribution in [0.1, 0.15) is 18.4 Å². The fraction of sp³-hybridized carbons (Fsp3) is 0.211. The van der Waals surface area contributed by atoms with E-state index in [-0.39, 0.29) is 24.3 Å². The molecule has 0 aliphatic rings. The van der Waals surface area contributed by atoms with Crippen LogP contribution in [0.2, 0.25) is 0 Å². The number of hydrogen-bond donors (Lipinski definition) is 1. The highest BCUT2D eigenvalue weighted by Crippen LogP contribution is 2.38. The van der Waals surface area contributed by atoms with Crippen LogP contribution >= 0.6 is 0 Å². The monoisotopic (exact) mass is 462 g/mol. The third-order valence-electron chi connectivity index (χ3n) is 3.81. The molecular weight excluding hydrogens is 450 g/mol. The Kier molecular flexibility index (Phi) is 7.88. The number of carbonyl (C=O) groups is 1. The van der Waals surface area contributed by atoms with Crippen LogP contribution < -0.4 is 0 Å². The molecule has 1 atom stereocenters. The molecule has 0 saturated carbocycles. The molecule has 0 aromatic heterocycles. The molecule has 12 heteroatoms. The second-order valence-corrected chi connectivity index (χ2v) is 6.04. The van der Waals surface area contributed by atoms with Gasteiger partial charge in [0.05, 0.1) is 11.1 Å². The van der Waals surface area contributed by atoms with E-state index in [1.54, 1.807) is 0 Å². The molecule has 170 valence electrons. The van der Waals surface area contributed by atoms with Crippen molar-refractivity contribution in [2.75, 3.05) is 0 Å².